The van der Waals surface area contributed by atoms with E-state index in [2.05, 4.69) is 15.9 Å². The van der Waals surface area contributed by atoms with E-state index in [-0.39, 0.29) is 11.4 Å². The van der Waals surface area contributed by atoms with Gasteiger partial charge in [0.25, 0.3) is 5.69 Å². The van der Waals surface area contributed by atoms with Crippen molar-refractivity contribution >= 4 is 33.2 Å². The lowest BCUT2D eigenvalue weighted by molar-refractivity contribution is -0.385. The van der Waals surface area contributed by atoms with Crippen molar-refractivity contribution in [2.24, 2.45) is 0 Å². The molecule has 0 saturated carbocycles. The summed E-state index contributed by atoms with van der Waals surface area (Å²) in [5, 5.41) is 10.5. The van der Waals surface area contributed by atoms with Crippen LogP contribution in [0.4, 0.5) is 10.1 Å². The first-order valence-electron chi connectivity index (χ1n) is 5.47. The Kier molecular flexibility index (Phi) is 4.57. The average Bonchev–Trinajstić information content (AvgIpc) is 2.41. The van der Waals surface area contributed by atoms with Gasteiger partial charge in [-0.3, -0.25) is 10.1 Å². The van der Waals surface area contributed by atoms with Crippen LogP contribution in [0.15, 0.2) is 40.9 Å². The molecule has 0 unspecified atom stereocenters. The van der Waals surface area contributed by atoms with Gasteiger partial charge in [0, 0.05) is 16.4 Å². The van der Waals surface area contributed by atoms with Crippen LogP contribution < -0.4 is 4.74 Å². The minimum Gasteiger partial charge on any atom is -0.454 e. The van der Waals surface area contributed by atoms with Crippen LogP contribution in [-0.4, -0.2) is 4.92 Å². The summed E-state index contributed by atoms with van der Waals surface area (Å²) in [7, 11) is 0. The van der Waals surface area contributed by atoms with Crippen LogP contribution in [0.2, 0.25) is 0 Å². The summed E-state index contributed by atoms with van der Waals surface area (Å²) in [5.41, 5.74) is 0.553. The molecule has 2 aromatic rings. The molecule has 20 heavy (non-hydrogen) atoms. The molecule has 0 spiro atoms. The summed E-state index contributed by atoms with van der Waals surface area (Å²) in [4.78, 5) is 9.85. The normalized spacial score (nSPS) is 10.3. The fourth-order valence-corrected chi connectivity index (χ4v) is 2.41. The molecule has 0 bridgehead atoms. The maximum Gasteiger partial charge on any atom is 0.272 e. The van der Waals surface area contributed by atoms with Crippen molar-refractivity contribution in [2.45, 2.75) is 5.88 Å². The summed E-state index contributed by atoms with van der Waals surface area (Å²) in [6.45, 7) is 0. The fourth-order valence-electron chi connectivity index (χ4n) is 1.51. The summed E-state index contributed by atoms with van der Waals surface area (Å²) in [6.07, 6.45) is 0. The first-order chi connectivity index (χ1) is 9.51. The molecule has 0 amide bonds. The highest BCUT2D eigenvalue weighted by atomic mass is 79.9. The molecule has 0 N–H and O–H groups in total. The third-order valence-corrected chi connectivity index (χ3v) is 3.55. The van der Waals surface area contributed by atoms with E-state index >= 15 is 0 Å². The van der Waals surface area contributed by atoms with Crippen LogP contribution in [0.1, 0.15) is 5.56 Å². The van der Waals surface area contributed by atoms with Crippen LogP contribution in [0, 0.1) is 15.9 Å². The monoisotopic (exact) mass is 359 g/mol. The molecule has 0 heterocycles. The van der Waals surface area contributed by atoms with Gasteiger partial charge < -0.3 is 4.74 Å². The maximum atomic E-state index is 13.7. The van der Waals surface area contributed by atoms with Crippen LogP contribution in [0.5, 0.6) is 11.5 Å². The molecule has 0 atom stereocenters. The number of rotatable bonds is 4. The number of ether oxygens (including phenoxy) is 1. The smallest absolute Gasteiger partial charge is 0.272 e. The zero-order valence-electron chi connectivity index (χ0n) is 9.98. The second-order valence-corrected chi connectivity index (χ2v) is 4.98. The van der Waals surface area contributed by atoms with Crippen molar-refractivity contribution < 1.29 is 14.1 Å². The largest absolute Gasteiger partial charge is 0.454 e. The Hall–Kier alpha value is -1.66. The van der Waals surface area contributed by atoms with Crippen molar-refractivity contribution in [2.75, 3.05) is 0 Å². The zero-order chi connectivity index (χ0) is 14.7. The van der Waals surface area contributed by atoms with Gasteiger partial charge in [-0.15, -0.1) is 11.6 Å². The Labute approximate surface area is 127 Å². The van der Waals surface area contributed by atoms with Gasteiger partial charge >= 0.3 is 0 Å². The van der Waals surface area contributed by atoms with Crippen molar-refractivity contribution in [1.82, 2.24) is 0 Å². The number of benzene rings is 2. The number of alkyl halides is 1. The third-order valence-electron chi connectivity index (χ3n) is 2.52. The average molecular weight is 361 g/mol. The van der Waals surface area contributed by atoms with Gasteiger partial charge in [0.05, 0.1) is 11.0 Å². The lowest BCUT2D eigenvalue weighted by Gasteiger charge is -2.08. The lowest BCUT2D eigenvalue weighted by Crippen LogP contribution is -1.93. The predicted molar refractivity (Wildman–Crippen MR) is 76.8 cm³/mol. The number of nitro benzene ring substituents is 1. The van der Waals surface area contributed by atoms with E-state index in [0.29, 0.717) is 11.6 Å². The summed E-state index contributed by atoms with van der Waals surface area (Å²) in [5.74, 6) is -0.136. The number of hydrogen-bond donors (Lipinski definition) is 0. The topological polar surface area (TPSA) is 52.4 Å². The minimum absolute atomic E-state index is 0.0823. The number of hydrogen-bond acceptors (Lipinski definition) is 3. The molecule has 0 aliphatic heterocycles. The molecular formula is C13H8BrClFNO3. The van der Waals surface area contributed by atoms with Crippen molar-refractivity contribution in [1.29, 1.82) is 0 Å². The standard InChI is InChI=1S/C13H8BrClFNO3/c14-11-6-10(3-1-8(11)7-15)20-13-4-2-9(17(18)19)5-12(13)16/h1-6H,7H2. The van der Waals surface area contributed by atoms with Crippen molar-refractivity contribution in [3.8, 4) is 11.5 Å². The molecule has 0 fully saturated rings. The Morgan fingerprint density at radius 2 is 2.05 bits per heavy atom. The Morgan fingerprint density at radius 3 is 2.60 bits per heavy atom. The van der Waals surface area contributed by atoms with Crippen molar-refractivity contribution in [3.63, 3.8) is 0 Å². The van der Waals surface area contributed by atoms with Crippen LogP contribution >= 0.6 is 27.5 Å². The highest BCUT2D eigenvalue weighted by molar-refractivity contribution is 9.10. The first-order valence-corrected chi connectivity index (χ1v) is 6.80. The van der Waals surface area contributed by atoms with Gasteiger partial charge in [-0.1, -0.05) is 22.0 Å². The summed E-state index contributed by atoms with van der Waals surface area (Å²) < 4.78 is 19.8. The number of non-ortho nitro benzene ring substituents is 1. The third kappa shape index (κ3) is 3.26. The molecule has 2 aromatic carbocycles. The van der Waals surface area contributed by atoms with Gasteiger partial charge in [0.1, 0.15) is 5.75 Å². The SMILES string of the molecule is O=[N+]([O-])c1ccc(Oc2ccc(CCl)c(Br)c2)c(F)c1. The van der Waals surface area contributed by atoms with Crippen LogP contribution in [0.3, 0.4) is 0 Å². The summed E-state index contributed by atoms with van der Waals surface area (Å²) in [6, 6.07) is 8.26. The van der Waals surface area contributed by atoms with Gasteiger partial charge in [-0.2, -0.15) is 0 Å². The van der Waals surface area contributed by atoms with E-state index in [0.717, 1.165) is 16.1 Å². The van der Waals surface area contributed by atoms with Gasteiger partial charge in [0.2, 0.25) is 0 Å². The molecule has 2 rings (SSSR count). The maximum absolute atomic E-state index is 13.7. The number of halogens is 3. The van der Waals surface area contributed by atoms with E-state index in [1.54, 1.807) is 18.2 Å². The molecule has 0 aliphatic carbocycles. The highest BCUT2D eigenvalue weighted by Gasteiger charge is 2.12. The predicted octanol–water partition coefficient (Wildman–Crippen LogP) is 5.03. The molecule has 104 valence electrons. The Balaban J connectivity index is 2.26. The fraction of sp³-hybridized carbons (Fsp3) is 0.0769. The lowest BCUT2D eigenvalue weighted by atomic mass is 10.2. The van der Waals surface area contributed by atoms with E-state index < -0.39 is 10.7 Å². The first kappa shape index (κ1) is 14.7. The van der Waals surface area contributed by atoms with E-state index in [9.17, 15) is 14.5 Å². The molecule has 0 aromatic heterocycles. The number of nitro groups is 1. The van der Waals surface area contributed by atoms with Gasteiger partial charge in [-0.25, -0.2) is 4.39 Å². The van der Waals surface area contributed by atoms with Gasteiger partial charge in [0.15, 0.2) is 11.6 Å². The van der Waals surface area contributed by atoms with E-state index in [4.69, 9.17) is 16.3 Å². The number of nitrogens with zero attached hydrogens (tertiary/aromatic N) is 1. The van der Waals surface area contributed by atoms with E-state index in [1.807, 2.05) is 0 Å². The minimum atomic E-state index is -0.795. The molecule has 7 heteroatoms. The Bertz CT molecular complexity index is 666. The highest BCUT2D eigenvalue weighted by Crippen LogP contribution is 2.30. The Morgan fingerprint density at radius 1 is 1.30 bits per heavy atom. The quantitative estimate of drug-likeness (QED) is 0.436. The zero-order valence-corrected chi connectivity index (χ0v) is 12.3. The van der Waals surface area contributed by atoms with Crippen molar-refractivity contribution in [3.05, 3.63) is 62.4 Å². The molecule has 0 saturated heterocycles. The van der Waals surface area contributed by atoms with Crippen LogP contribution in [-0.2, 0) is 5.88 Å². The molecule has 0 aliphatic rings. The second kappa shape index (κ2) is 6.19. The van der Waals surface area contributed by atoms with Crippen LogP contribution in [0.25, 0.3) is 0 Å². The molecule has 0 radical (unpaired) electrons. The second-order valence-electron chi connectivity index (χ2n) is 3.86. The van der Waals surface area contributed by atoms with Gasteiger partial charge in [-0.05, 0) is 23.8 Å². The summed E-state index contributed by atoms with van der Waals surface area (Å²) >= 11 is 9.04. The van der Waals surface area contributed by atoms with E-state index in [1.165, 1.54) is 12.1 Å². The molecule has 4 nitrogen and oxygen atoms in total. The molecular weight excluding hydrogens is 353 g/mol.